The second kappa shape index (κ2) is 5.99. The molecule has 0 atom stereocenters. The summed E-state index contributed by atoms with van der Waals surface area (Å²) in [7, 11) is 0. The van der Waals surface area contributed by atoms with Gasteiger partial charge in [-0.3, -0.25) is 15.1 Å². The lowest BCUT2D eigenvalue weighted by Crippen LogP contribution is -1.87. The first kappa shape index (κ1) is 15.1. The van der Waals surface area contributed by atoms with Crippen LogP contribution in [0.2, 0.25) is 10.0 Å². The van der Waals surface area contributed by atoms with E-state index >= 15 is 0 Å². The predicted octanol–water partition coefficient (Wildman–Crippen LogP) is 4.06. The molecule has 0 heterocycles. The number of benzene rings is 2. The molecular weight excluding hydrogens is 319 g/mol. The minimum atomic E-state index is -0.605. The van der Waals surface area contributed by atoms with E-state index in [-0.39, 0.29) is 33.5 Å². The van der Waals surface area contributed by atoms with Crippen LogP contribution < -0.4 is 0 Å². The Morgan fingerprint density at radius 1 is 1.19 bits per heavy atom. The molecule has 0 fully saturated rings. The zero-order valence-electron chi connectivity index (χ0n) is 10.3. The summed E-state index contributed by atoms with van der Waals surface area (Å²) >= 11 is 11.6. The van der Waals surface area contributed by atoms with Gasteiger partial charge >= 0.3 is 0 Å². The number of hydrogen-bond acceptors (Lipinski definition) is 5. The third-order valence-corrected chi connectivity index (χ3v) is 3.08. The highest BCUT2D eigenvalue weighted by molar-refractivity contribution is 6.36. The highest BCUT2D eigenvalue weighted by Crippen LogP contribution is 2.33. The molecule has 21 heavy (non-hydrogen) atoms. The molecule has 0 aliphatic carbocycles. The van der Waals surface area contributed by atoms with E-state index in [0.717, 1.165) is 18.2 Å². The predicted molar refractivity (Wildman–Crippen MR) is 80.1 cm³/mol. The SMILES string of the molecule is O=[N+]([O-])c1ccc(O)c(N=Cc2cc(Cl)cc(Cl)c2O)c1. The van der Waals surface area contributed by atoms with Crippen molar-refractivity contribution in [3.8, 4) is 11.5 Å². The minimum absolute atomic E-state index is 0.0142. The Balaban J connectivity index is 2.42. The van der Waals surface area contributed by atoms with E-state index in [4.69, 9.17) is 23.2 Å². The van der Waals surface area contributed by atoms with Gasteiger partial charge in [-0.25, -0.2) is 0 Å². The molecule has 2 aromatic carbocycles. The van der Waals surface area contributed by atoms with Crippen molar-refractivity contribution in [3.63, 3.8) is 0 Å². The number of nitro groups is 1. The van der Waals surface area contributed by atoms with Crippen molar-refractivity contribution in [2.45, 2.75) is 0 Å². The van der Waals surface area contributed by atoms with Crippen molar-refractivity contribution < 1.29 is 15.1 Å². The first-order valence-electron chi connectivity index (χ1n) is 5.58. The maximum atomic E-state index is 10.7. The molecule has 2 aromatic rings. The lowest BCUT2D eigenvalue weighted by atomic mass is 10.2. The van der Waals surface area contributed by atoms with Gasteiger partial charge in [0.25, 0.3) is 5.69 Å². The molecule has 0 unspecified atom stereocenters. The first-order valence-corrected chi connectivity index (χ1v) is 6.33. The van der Waals surface area contributed by atoms with Gasteiger partial charge in [0, 0.05) is 28.9 Å². The van der Waals surface area contributed by atoms with Gasteiger partial charge in [0.2, 0.25) is 0 Å². The van der Waals surface area contributed by atoms with Crippen LogP contribution in [0.1, 0.15) is 5.56 Å². The fraction of sp³-hybridized carbons (Fsp3) is 0. The number of nitro benzene ring substituents is 1. The lowest BCUT2D eigenvalue weighted by Gasteiger charge is -2.03. The van der Waals surface area contributed by atoms with Crippen LogP contribution in [0.4, 0.5) is 11.4 Å². The van der Waals surface area contributed by atoms with E-state index in [1.165, 1.54) is 18.3 Å². The van der Waals surface area contributed by atoms with Crippen LogP contribution in [0.25, 0.3) is 0 Å². The number of aromatic hydroxyl groups is 2. The van der Waals surface area contributed by atoms with E-state index in [1.54, 1.807) is 0 Å². The summed E-state index contributed by atoms with van der Waals surface area (Å²) in [6.45, 7) is 0. The molecule has 0 aliphatic rings. The lowest BCUT2D eigenvalue weighted by molar-refractivity contribution is -0.384. The third-order valence-electron chi connectivity index (χ3n) is 2.57. The summed E-state index contributed by atoms with van der Waals surface area (Å²) in [5.74, 6) is -0.459. The van der Waals surface area contributed by atoms with Gasteiger partial charge in [0.15, 0.2) is 0 Å². The smallest absolute Gasteiger partial charge is 0.271 e. The molecule has 6 nitrogen and oxygen atoms in total. The maximum absolute atomic E-state index is 10.7. The second-order valence-corrected chi connectivity index (χ2v) is 4.86. The molecule has 0 amide bonds. The Hall–Kier alpha value is -2.31. The monoisotopic (exact) mass is 326 g/mol. The normalized spacial score (nSPS) is 11.0. The summed E-state index contributed by atoms with van der Waals surface area (Å²) in [5, 5.41) is 30.4. The number of nitrogens with zero attached hydrogens (tertiary/aromatic N) is 2. The molecule has 0 bridgehead atoms. The van der Waals surface area contributed by atoms with Crippen LogP contribution in [-0.4, -0.2) is 21.4 Å². The molecule has 0 saturated heterocycles. The van der Waals surface area contributed by atoms with E-state index < -0.39 is 4.92 Å². The van der Waals surface area contributed by atoms with Gasteiger partial charge in [0.1, 0.15) is 17.2 Å². The number of non-ortho nitro benzene ring substituents is 1. The molecular formula is C13H8Cl2N2O4. The van der Waals surface area contributed by atoms with E-state index in [0.29, 0.717) is 5.02 Å². The Bertz CT molecular complexity index is 747. The highest BCUT2D eigenvalue weighted by Gasteiger charge is 2.10. The van der Waals surface area contributed by atoms with Crippen molar-refractivity contribution in [3.05, 3.63) is 56.1 Å². The van der Waals surface area contributed by atoms with Gasteiger partial charge in [-0.2, -0.15) is 0 Å². The third kappa shape index (κ3) is 3.42. The number of rotatable bonds is 3. The van der Waals surface area contributed by atoms with E-state index in [1.807, 2.05) is 0 Å². The van der Waals surface area contributed by atoms with Crippen LogP contribution in [0, 0.1) is 10.1 Å². The average Bonchev–Trinajstić information content (AvgIpc) is 2.42. The second-order valence-electron chi connectivity index (χ2n) is 4.01. The van der Waals surface area contributed by atoms with Crippen molar-refractivity contribution in [1.29, 1.82) is 0 Å². The number of halogens is 2. The zero-order valence-corrected chi connectivity index (χ0v) is 11.8. The van der Waals surface area contributed by atoms with Crippen LogP contribution in [-0.2, 0) is 0 Å². The van der Waals surface area contributed by atoms with Crippen molar-refractivity contribution in [2.24, 2.45) is 4.99 Å². The topological polar surface area (TPSA) is 96.0 Å². The van der Waals surface area contributed by atoms with Crippen LogP contribution in [0.15, 0.2) is 35.3 Å². The summed E-state index contributed by atoms with van der Waals surface area (Å²) in [6.07, 6.45) is 1.20. The Morgan fingerprint density at radius 2 is 1.90 bits per heavy atom. The quantitative estimate of drug-likeness (QED) is 0.505. The van der Waals surface area contributed by atoms with E-state index in [9.17, 15) is 20.3 Å². The molecule has 2 rings (SSSR count). The van der Waals surface area contributed by atoms with Gasteiger partial charge in [-0.05, 0) is 18.2 Å². The van der Waals surface area contributed by atoms with E-state index in [2.05, 4.69) is 4.99 Å². The summed E-state index contributed by atoms with van der Waals surface area (Å²) in [4.78, 5) is 14.0. The Labute approximate surface area is 129 Å². The number of hydrogen-bond donors (Lipinski definition) is 2. The Morgan fingerprint density at radius 3 is 2.57 bits per heavy atom. The molecule has 0 spiro atoms. The molecule has 2 N–H and O–H groups in total. The van der Waals surface area contributed by atoms with Crippen LogP contribution in [0.3, 0.4) is 0 Å². The average molecular weight is 327 g/mol. The van der Waals surface area contributed by atoms with Crippen LogP contribution in [0.5, 0.6) is 11.5 Å². The molecule has 0 saturated carbocycles. The number of phenols is 2. The first-order chi connectivity index (χ1) is 9.88. The van der Waals surface area contributed by atoms with Gasteiger partial charge < -0.3 is 10.2 Å². The Kier molecular flexibility index (Phi) is 4.30. The standard InChI is InChI=1S/C13H8Cl2N2O4/c14-8-3-7(13(19)10(15)4-8)6-16-11-5-9(17(20)21)1-2-12(11)18/h1-6,18-19H. The summed E-state index contributed by atoms with van der Waals surface area (Å²) in [5.41, 5.74) is -0.00796. The molecule has 8 heteroatoms. The molecule has 0 aromatic heterocycles. The zero-order chi connectivity index (χ0) is 15.6. The molecule has 0 aliphatic heterocycles. The van der Waals surface area contributed by atoms with Crippen molar-refractivity contribution in [1.82, 2.24) is 0 Å². The van der Waals surface area contributed by atoms with Gasteiger partial charge in [0.05, 0.1) is 9.95 Å². The maximum Gasteiger partial charge on any atom is 0.271 e. The highest BCUT2D eigenvalue weighted by atomic mass is 35.5. The number of aliphatic imine (C=N–C) groups is 1. The summed E-state index contributed by atoms with van der Waals surface area (Å²) < 4.78 is 0. The fourth-order valence-electron chi connectivity index (χ4n) is 1.55. The fourth-order valence-corrected chi connectivity index (χ4v) is 2.06. The van der Waals surface area contributed by atoms with Crippen molar-refractivity contribution >= 4 is 40.8 Å². The largest absolute Gasteiger partial charge is 0.506 e. The molecule has 0 radical (unpaired) electrons. The van der Waals surface area contributed by atoms with Crippen LogP contribution >= 0.6 is 23.2 Å². The van der Waals surface area contributed by atoms with Gasteiger partial charge in [-0.15, -0.1) is 0 Å². The minimum Gasteiger partial charge on any atom is -0.506 e. The van der Waals surface area contributed by atoms with Crippen molar-refractivity contribution in [2.75, 3.05) is 0 Å². The van der Waals surface area contributed by atoms with Gasteiger partial charge in [-0.1, -0.05) is 23.2 Å². The number of phenolic OH excluding ortho intramolecular Hbond substituents is 2. The summed E-state index contributed by atoms with van der Waals surface area (Å²) in [6, 6.07) is 6.20. The molecule has 108 valence electrons.